The van der Waals surface area contributed by atoms with E-state index >= 15 is 0 Å². The van der Waals surface area contributed by atoms with Gasteiger partial charge in [-0.1, -0.05) is 19.1 Å². The molecule has 3 heteroatoms. The Kier molecular flexibility index (Phi) is 3.09. The van der Waals surface area contributed by atoms with Crippen molar-refractivity contribution in [3.63, 3.8) is 0 Å². The zero-order valence-corrected chi connectivity index (χ0v) is 8.75. The molecule has 0 unspecified atom stereocenters. The van der Waals surface area contributed by atoms with Gasteiger partial charge in [0.15, 0.2) is 0 Å². The van der Waals surface area contributed by atoms with E-state index in [2.05, 4.69) is 6.58 Å². The summed E-state index contributed by atoms with van der Waals surface area (Å²) in [6.45, 7) is 7.51. The van der Waals surface area contributed by atoms with Gasteiger partial charge in [0, 0.05) is 18.3 Å². The van der Waals surface area contributed by atoms with Gasteiger partial charge in [-0.05, 0) is 19.3 Å². The van der Waals surface area contributed by atoms with Crippen molar-refractivity contribution in [2.75, 3.05) is 0 Å². The van der Waals surface area contributed by atoms with Gasteiger partial charge in [-0.3, -0.25) is 9.59 Å². The number of carbonyl (C=O) groups excluding carboxylic acids is 2. The number of primary amides is 1. The van der Waals surface area contributed by atoms with E-state index in [9.17, 15) is 9.59 Å². The van der Waals surface area contributed by atoms with Gasteiger partial charge in [0.05, 0.1) is 0 Å². The molecule has 1 amide bonds. The molecule has 1 rings (SSSR count). The highest BCUT2D eigenvalue weighted by atomic mass is 16.1. The maximum absolute atomic E-state index is 11.6. The maximum Gasteiger partial charge on any atom is 0.221 e. The number of ketones is 1. The lowest BCUT2D eigenvalue weighted by molar-refractivity contribution is -0.135. The molecule has 1 aliphatic rings. The van der Waals surface area contributed by atoms with Crippen LogP contribution in [-0.4, -0.2) is 11.7 Å². The molecule has 1 fully saturated rings. The second-order valence-corrected chi connectivity index (χ2v) is 4.25. The van der Waals surface area contributed by atoms with E-state index in [-0.39, 0.29) is 29.4 Å². The number of nitrogens with two attached hydrogens (primary N) is 1. The summed E-state index contributed by atoms with van der Waals surface area (Å²) < 4.78 is 0. The Labute approximate surface area is 84.4 Å². The molecule has 78 valence electrons. The van der Waals surface area contributed by atoms with Crippen molar-refractivity contribution < 1.29 is 9.59 Å². The fourth-order valence-corrected chi connectivity index (χ4v) is 1.99. The van der Waals surface area contributed by atoms with Crippen LogP contribution in [0.3, 0.4) is 0 Å². The topological polar surface area (TPSA) is 60.2 Å². The summed E-state index contributed by atoms with van der Waals surface area (Å²) >= 11 is 0. The highest BCUT2D eigenvalue weighted by Gasteiger charge is 2.36. The predicted molar refractivity (Wildman–Crippen MR) is 54.4 cm³/mol. The Morgan fingerprint density at radius 2 is 2.14 bits per heavy atom. The van der Waals surface area contributed by atoms with Gasteiger partial charge in [0.25, 0.3) is 0 Å². The minimum Gasteiger partial charge on any atom is -0.369 e. The van der Waals surface area contributed by atoms with Crippen LogP contribution in [0.25, 0.3) is 0 Å². The van der Waals surface area contributed by atoms with Gasteiger partial charge in [-0.15, -0.1) is 0 Å². The van der Waals surface area contributed by atoms with Crippen LogP contribution in [-0.2, 0) is 9.59 Å². The number of rotatable bonds is 2. The van der Waals surface area contributed by atoms with E-state index in [0.717, 1.165) is 5.57 Å². The van der Waals surface area contributed by atoms with Gasteiger partial charge in [0.2, 0.25) is 5.91 Å². The Bertz CT molecular complexity index is 283. The number of amides is 1. The average Bonchev–Trinajstić information content (AvgIpc) is 2.08. The second kappa shape index (κ2) is 3.95. The van der Waals surface area contributed by atoms with E-state index in [4.69, 9.17) is 5.73 Å². The zero-order chi connectivity index (χ0) is 10.9. The minimum atomic E-state index is -0.364. The van der Waals surface area contributed by atoms with E-state index in [1.54, 1.807) is 6.92 Å². The molecule has 2 N–H and O–H groups in total. The molecule has 0 spiro atoms. The fourth-order valence-electron chi connectivity index (χ4n) is 1.99. The molecule has 0 heterocycles. The first-order valence-corrected chi connectivity index (χ1v) is 4.91. The Hall–Kier alpha value is -1.12. The summed E-state index contributed by atoms with van der Waals surface area (Å²) in [7, 11) is 0. The Morgan fingerprint density at radius 1 is 1.57 bits per heavy atom. The van der Waals surface area contributed by atoms with Crippen LogP contribution in [0.4, 0.5) is 0 Å². The monoisotopic (exact) mass is 195 g/mol. The Morgan fingerprint density at radius 3 is 2.57 bits per heavy atom. The second-order valence-electron chi connectivity index (χ2n) is 4.25. The summed E-state index contributed by atoms with van der Waals surface area (Å²) in [5.41, 5.74) is 6.23. The summed E-state index contributed by atoms with van der Waals surface area (Å²) in [5, 5.41) is 0. The number of Topliss-reactive ketones (excluding diaryl/α,β-unsaturated/α-hetero) is 1. The van der Waals surface area contributed by atoms with Crippen molar-refractivity contribution in [1.82, 2.24) is 0 Å². The molecular weight excluding hydrogens is 178 g/mol. The van der Waals surface area contributed by atoms with Gasteiger partial charge in [0.1, 0.15) is 5.78 Å². The summed E-state index contributed by atoms with van der Waals surface area (Å²) in [5.74, 6) is -0.623. The van der Waals surface area contributed by atoms with Crippen molar-refractivity contribution in [3.8, 4) is 0 Å². The predicted octanol–water partition coefficient (Wildman–Crippen LogP) is 1.28. The van der Waals surface area contributed by atoms with Crippen molar-refractivity contribution in [2.24, 2.45) is 23.5 Å². The quantitative estimate of drug-likeness (QED) is 0.675. The molecule has 1 saturated carbocycles. The lowest BCUT2D eigenvalue weighted by Crippen LogP contribution is -2.39. The van der Waals surface area contributed by atoms with Gasteiger partial charge < -0.3 is 5.73 Å². The van der Waals surface area contributed by atoms with E-state index in [1.807, 2.05) is 6.92 Å². The third-order valence-corrected chi connectivity index (χ3v) is 3.16. The lowest BCUT2D eigenvalue weighted by atomic mass is 9.72. The van der Waals surface area contributed by atoms with Crippen molar-refractivity contribution in [2.45, 2.75) is 26.7 Å². The standard InChI is InChI=1S/C11H17NO2/c1-6(2)8-4-9(11(12)14)7(3)10(13)5-8/h7-9H,1,4-5H2,2-3H3,(H2,12,14)/t7-,8+,9+/m1/s1. The fraction of sp³-hybridized carbons (Fsp3) is 0.636. The van der Waals surface area contributed by atoms with Crippen LogP contribution in [0.5, 0.6) is 0 Å². The summed E-state index contributed by atoms with van der Waals surface area (Å²) in [6.07, 6.45) is 1.19. The summed E-state index contributed by atoms with van der Waals surface area (Å²) in [4.78, 5) is 22.7. The largest absolute Gasteiger partial charge is 0.369 e. The third-order valence-electron chi connectivity index (χ3n) is 3.16. The molecule has 0 saturated heterocycles. The molecular formula is C11H17NO2. The van der Waals surface area contributed by atoms with Crippen LogP contribution < -0.4 is 5.73 Å². The van der Waals surface area contributed by atoms with Crippen LogP contribution in [0.2, 0.25) is 0 Å². The Balaban J connectivity index is 2.81. The van der Waals surface area contributed by atoms with Crippen LogP contribution in [0.15, 0.2) is 12.2 Å². The molecule has 0 radical (unpaired) electrons. The van der Waals surface area contributed by atoms with Gasteiger partial charge in [-0.25, -0.2) is 0 Å². The average molecular weight is 195 g/mol. The molecule has 1 aliphatic carbocycles. The maximum atomic E-state index is 11.6. The van der Waals surface area contributed by atoms with Crippen molar-refractivity contribution >= 4 is 11.7 Å². The number of hydrogen-bond donors (Lipinski definition) is 1. The smallest absolute Gasteiger partial charge is 0.221 e. The normalized spacial score (nSPS) is 32.7. The van der Waals surface area contributed by atoms with Crippen molar-refractivity contribution in [1.29, 1.82) is 0 Å². The SMILES string of the molecule is C=C(C)[C@@H]1CC(=O)[C@H](C)[C@@H](C(N)=O)C1. The first-order valence-electron chi connectivity index (χ1n) is 4.91. The number of hydrogen-bond acceptors (Lipinski definition) is 2. The number of carbonyl (C=O) groups is 2. The van der Waals surface area contributed by atoms with Crippen LogP contribution in [0, 0.1) is 17.8 Å². The van der Waals surface area contributed by atoms with E-state index in [0.29, 0.717) is 12.8 Å². The summed E-state index contributed by atoms with van der Waals surface area (Å²) in [6, 6.07) is 0. The lowest BCUT2D eigenvalue weighted by Gasteiger charge is -2.31. The molecule has 0 aliphatic heterocycles. The highest BCUT2D eigenvalue weighted by molar-refractivity contribution is 5.89. The first-order chi connectivity index (χ1) is 6.43. The van der Waals surface area contributed by atoms with Crippen LogP contribution in [0.1, 0.15) is 26.7 Å². The van der Waals surface area contributed by atoms with Gasteiger partial charge in [-0.2, -0.15) is 0 Å². The molecule has 0 bridgehead atoms. The molecule has 3 atom stereocenters. The zero-order valence-electron chi connectivity index (χ0n) is 8.75. The first kappa shape index (κ1) is 11.0. The van der Waals surface area contributed by atoms with Crippen molar-refractivity contribution in [3.05, 3.63) is 12.2 Å². The molecule has 0 aromatic carbocycles. The van der Waals surface area contributed by atoms with Gasteiger partial charge >= 0.3 is 0 Å². The molecule has 3 nitrogen and oxygen atoms in total. The molecule has 0 aromatic rings. The van der Waals surface area contributed by atoms with E-state index < -0.39 is 0 Å². The highest BCUT2D eigenvalue weighted by Crippen LogP contribution is 2.34. The third kappa shape index (κ3) is 2.03. The molecule has 0 aromatic heterocycles. The molecule has 14 heavy (non-hydrogen) atoms. The van der Waals surface area contributed by atoms with E-state index in [1.165, 1.54) is 0 Å². The van der Waals surface area contributed by atoms with Crippen LogP contribution >= 0.6 is 0 Å². The minimum absolute atomic E-state index is 0.132. The number of allylic oxidation sites excluding steroid dienone is 1.